The molecule has 0 unspecified atom stereocenters. The Balaban J connectivity index is 1.41. The molecule has 9 nitrogen and oxygen atoms in total. The van der Waals surface area contributed by atoms with E-state index in [2.05, 4.69) is 9.64 Å². The molecule has 5 rings (SSSR count). The molecule has 2 aromatic heterocycles. The van der Waals surface area contributed by atoms with Gasteiger partial charge in [0.2, 0.25) is 5.43 Å². The minimum Gasteiger partial charge on any atom is -0.619 e. The molecule has 0 bridgehead atoms. The normalized spacial score (nSPS) is 16.8. The van der Waals surface area contributed by atoms with Gasteiger partial charge in [0, 0.05) is 50.4 Å². The van der Waals surface area contributed by atoms with Crippen LogP contribution in [0, 0.1) is 11.0 Å². The van der Waals surface area contributed by atoms with Gasteiger partial charge >= 0.3 is 6.16 Å². The topological polar surface area (TPSA) is 102 Å². The largest absolute Gasteiger partial charge is 0.619 e. The number of hydrogen-bond acceptors (Lipinski definition) is 6. The first-order valence-corrected chi connectivity index (χ1v) is 10.8. The number of fused-ring (bicyclic) bond motifs is 1. The second-order valence-corrected chi connectivity index (χ2v) is 8.48. The first-order valence-electron chi connectivity index (χ1n) is 10.8. The highest BCUT2D eigenvalue weighted by Crippen LogP contribution is 2.39. The third-order valence-corrected chi connectivity index (χ3v) is 6.16. The number of benzene rings is 1. The summed E-state index contributed by atoms with van der Waals surface area (Å²) >= 11 is 0. The Morgan fingerprint density at radius 3 is 2.67 bits per heavy atom. The fourth-order valence-corrected chi connectivity index (χ4v) is 4.40. The second kappa shape index (κ2) is 8.36. The average molecular weight is 454 g/mol. The van der Waals surface area contributed by atoms with Crippen LogP contribution >= 0.6 is 0 Å². The van der Waals surface area contributed by atoms with Crippen molar-refractivity contribution < 1.29 is 23.8 Å². The van der Waals surface area contributed by atoms with Crippen molar-refractivity contribution in [1.82, 2.24) is 9.47 Å². The quantitative estimate of drug-likeness (QED) is 0.359. The van der Waals surface area contributed by atoms with E-state index in [9.17, 15) is 14.8 Å². The molecule has 0 atom stereocenters. The molecule has 1 saturated carbocycles. The van der Waals surface area contributed by atoms with Gasteiger partial charge in [-0.25, -0.2) is 9.18 Å². The van der Waals surface area contributed by atoms with E-state index < -0.39 is 17.4 Å². The zero-order valence-corrected chi connectivity index (χ0v) is 17.8. The molecular weight excluding hydrogens is 431 g/mol. The number of anilines is 1. The number of halogens is 1. The zero-order chi connectivity index (χ0) is 23.1. The van der Waals surface area contributed by atoms with Gasteiger partial charge in [-0.3, -0.25) is 9.69 Å². The van der Waals surface area contributed by atoms with Crippen LogP contribution in [-0.4, -0.2) is 46.9 Å². The number of hydrogen-bond donors (Lipinski definition) is 1. The number of aromatic nitrogens is 2. The van der Waals surface area contributed by atoms with Crippen molar-refractivity contribution in [3.63, 3.8) is 0 Å². The van der Waals surface area contributed by atoms with Crippen molar-refractivity contribution in [1.29, 1.82) is 0 Å². The summed E-state index contributed by atoms with van der Waals surface area (Å²) in [6.07, 6.45) is 4.64. The number of pyridine rings is 2. The molecule has 172 valence electrons. The molecule has 0 radical (unpaired) electrons. The van der Waals surface area contributed by atoms with E-state index in [-0.39, 0.29) is 17.2 Å². The van der Waals surface area contributed by atoms with E-state index in [1.807, 2.05) is 15.5 Å². The van der Waals surface area contributed by atoms with Gasteiger partial charge in [0.05, 0.1) is 22.8 Å². The van der Waals surface area contributed by atoms with Crippen LogP contribution < -0.4 is 19.8 Å². The number of carboxylic acid groups (broad SMARTS) is 1. The van der Waals surface area contributed by atoms with Crippen LogP contribution in [0.5, 0.6) is 5.75 Å². The second-order valence-electron chi connectivity index (χ2n) is 8.48. The molecule has 2 fully saturated rings. The van der Waals surface area contributed by atoms with Crippen molar-refractivity contribution in [3.05, 3.63) is 69.7 Å². The standard InChI is InChI=1S/C23H23FN4O5/c24-18-10-17-19(28(16-3-4-16)14-21(22(17)29)33-23(30)31)11-20(18)26-8-6-25(7-9-26)12-15-2-1-5-27(32)13-15/h1-2,5,10-11,13-14,16H,3-4,6-9,12H2,(H,30,31). The number of piperazine rings is 1. The van der Waals surface area contributed by atoms with Crippen LogP contribution in [0.3, 0.4) is 0 Å². The van der Waals surface area contributed by atoms with Crippen molar-refractivity contribution in [2.24, 2.45) is 0 Å². The van der Waals surface area contributed by atoms with Gasteiger partial charge in [0.15, 0.2) is 18.1 Å². The van der Waals surface area contributed by atoms with Gasteiger partial charge in [-0.2, -0.15) is 4.73 Å². The van der Waals surface area contributed by atoms with Gasteiger partial charge < -0.3 is 24.5 Å². The average Bonchev–Trinajstić information content (AvgIpc) is 3.61. The Kier molecular flexibility index (Phi) is 5.37. The predicted octanol–water partition coefficient (Wildman–Crippen LogP) is 2.49. The van der Waals surface area contributed by atoms with Gasteiger partial charge in [0.25, 0.3) is 0 Å². The molecular formula is C23H23FN4O5. The highest BCUT2D eigenvalue weighted by molar-refractivity contribution is 5.85. The number of carbonyl (C=O) groups is 1. The lowest BCUT2D eigenvalue weighted by atomic mass is 10.1. The maximum Gasteiger partial charge on any atom is 0.511 e. The summed E-state index contributed by atoms with van der Waals surface area (Å²) in [7, 11) is 0. The molecule has 1 N–H and O–H groups in total. The highest BCUT2D eigenvalue weighted by Gasteiger charge is 2.28. The highest BCUT2D eigenvalue weighted by atomic mass is 19.1. The van der Waals surface area contributed by atoms with Crippen molar-refractivity contribution >= 4 is 22.7 Å². The van der Waals surface area contributed by atoms with Gasteiger partial charge in [-0.1, -0.05) is 0 Å². The van der Waals surface area contributed by atoms with Crippen LogP contribution in [0.1, 0.15) is 24.4 Å². The monoisotopic (exact) mass is 454 g/mol. The predicted molar refractivity (Wildman–Crippen MR) is 118 cm³/mol. The third kappa shape index (κ3) is 4.34. The fraction of sp³-hybridized carbons (Fsp3) is 0.348. The van der Waals surface area contributed by atoms with Gasteiger partial charge in [0.1, 0.15) is 5.82 Å². The molecule has 1 aliphatic carbocycles. The smallest absolute Gasteiger partial charge is 0.511 e. The van der Waals surface area contributed by atoms with Crippen LogP contribution in [0.15, 0.2) is 47.7 Å². The molecule has 33 heavy (non-hydrogen) atoms. The first kappa shape index (κ1) is 21.2. The summed E-state index contributed by atoms with van der Waals surface area (Å²) in [6, 6.07) is 6.62. The summed E-state index contributed by atoms with van der Waals surface area (Å²) in [5.41, 5.74) is 1.27. The Hall–Kier alpha value is -3.66. The maximum absolute atomic E-state index is 15.1. The third-order valence-electron chi connectivity index (χ3n) is 6.16. The maximum atomic E-state index is 15.1. The lowest BCUT2D eigenvalue weighted by Gasteiger charge is -2.36. The molecule has 10 heteroatoms. The number of nitrogens with zero attached hydrogens (tertiary/aromatic N) is 4. The Morgan fingerprint density at radius 1 is 1.24 bits per heavy atom. The molecule has 0 amide bonds. The van der Waals surface area contributed by atoms with E-state index in [1.54, 1.807) is 18.3 Å². The summed E-state index contributed by atoms with van der Waals surface area (Å²) in [4.78, 5) is 27.9. The van der Waals surface area contributed by atoms with Crippen molar-refractivity contribution in [2.75, 3.05) is 31.1 Å². The van der Waals surface area contributed by atoms with Crippen LogP contribution in [-0.2, 0) is 6.54 Å². The lowest BCUT2D eigenvalue weighted by molar-refractivity contribution is -0.605. The summed E-state index contributed by atoms with van der Waals surface area (Å²) in [5.74, 6) is -0.846. The lowest BCUT2D eigenvalue weighted by Crippen LogP contribution is -2.46. The van der Waals surface area contributed by atoms with Gasteiger partial charge in [-0.05, 0) is 31.0 Å². The minimum absolute atomic E-state index is 0.107. The molecule has 1 aromatic carbocycles. The number of ether oxygens (including phenoxy) is 1. The van der Waals surface area contributed by atoms with E-state index in [0.29, 0.717) is 43.9 Å². The Labute approximate surface area is 188 Å². The molecule has 3 heterocycles. The molecule has 2 aliphatic rings. The fourth-order valence-electron chi connectivity index (χ4n) is 4.40. The van der Waals surface area contributed by atoms with Gasteiger partial charge in [-0.15, -0.1) is 0 Å². The molecule has 3 aromatic rings. The summed E-state index contributed by atoms with van der Waals surface area (Å²) < 4.78 is 22.4. The van der Waals surface area contributed by atoms with Crippen molar-refractivity contribution in [3.8, 4) is 5.75 Å². The molecule has 0 spiro atoms. The Bertz CT molecular complexity index is 1280. The zero-order valence-electron chi connectivity index (χ0n) is 17.8. The number of rotatable bonds is 5. The van der Waals surface area contributed by atoms with Crippen LogP contribution in [0.25, 0.3) is 10.9 Å². The van der Waals surface area contributed by atoms with Crippen LogP contribution in [0.2, 0.25) is 0 Å². The molecule has 1 aliphatic heterocycles. The van der Waals surface area contributed by atoms with E-state index in [1.165, 1.54) is 18.5 Å². The molecule has 1 saturated heterocycles. The van der Waals surface area contributed by atoms with Crippen LogP contribution in [0.4, 0.5) is 14.9 Å². The summed E-state index contributed by atoms with van der Waals surface area (Å²) in [6.45, 7) is 3.24. The van der Waals surface area contributed by atoms with E-state index in [4.69, 9.17) is 5.11 Å². The van der Waals surface area contributed by atoms with Crippen molar-refractivity contribution in [2.45, 2.75) is 25.4 Å². The van der Waals surface area contributed by atoms with E-state index >= 15 is 4.39 Å². The summed E-state index contributed by atoms with van der Waals surface area (Å²) in [5, 5.41) is 20.5. The SMILES string of the molecule is O=C(O)Oc1cn(C2CC2)c2cc(N3CCN(Cc4ccc[n+]([O-])c4)CC3)c(F)cc2c1=O. The minimum atomic E-state index is -1.58. The Morgan fingerprint density at radius 2 is 2.00 bits per heavy atom. The first-order chi connectivity index (χ1) is 15.9. The van der Waals surface area contributed by atoms with E-state index in [0.717, 1.165) is 23.1 Å².